The Bertz CT molecular complexity index is 297. The van der Waals surface area contributed by atoms with Gasteiger partial charge in [0.25, 0.3) is 0 Å². The van der Waals surface area contributed by atoms with Crippen LogP contribution >= 0.6 is 0 Å². The van der Waals surface area contributed by atoms with Gasteiger partial charge in [-0.05, 0) is 37.3 Å². The van der Waals surface area contributed by atoms with E-state index in [1.807, 2.05) is 0 Å². The Labute approximate surface area is 87.7 Å². The van der Waals surface area contributed by atoms with Crippen molar-refractivity contribution in [3.63, 3.8) is 0 Å². The molecule has 0 aliphatic rings. The molecule has 0 bridgehead atoms. The predicted molar refractivity (Wildman–Crippen MR) is 63.6 cm³/mol. The number of aryl methyl sites for hydroxylation is 1. The Morgan fingerprint density at radius 1 is 1.29 bits per heavy atom. The molecule has 0 spiro atoms. The van der Waals surface area contributed by atoms with Gasteiger partial charge in [-0.1, -0.05) is 49.8 Å². The van der Waals surface area contributed by atoms with E-state index in [-0.39, 0.29) is 0 Å². The van der Waals surface area contributed by atoms with Crippen LogP contribution in [0.3, 0.4) is 0 Å². The molecule has 0 unspecified atom stereocenters. The van der Waals surface area contributed by atoms with Crippen LogP contribution in [0.5, 0.6) is 0 Å². The van der Waals surface area contributed by atoms with Crippen molar-refractivity contribution < 1.29 is 0 Å². The summed E-state index contributed by atoms with van der Waals surface area (Å²) in [6.07, 6.45) is 4.78. The molecule has 0 atom stereocenters. The maximum Gasteiger partial charge on any atom is -0.00725 e. The number of unbranched alkanes of at least 4 members (excludes halogenated alkanes) is 1. The zero-order valence-electron chi connectivity index (χ0n) is 9.34. The van der Waals surface area contributed by atoms with Gasteiger partial charge in [-0.3, -0.25) is 0 Å². The van der Waals surface area contributed by atoms with Crippen LogP contribution in [0.1, 0.15) is 37.8 Å². The molecule has 0 radical (unpaired) electrons. The zero-order valence-corrected chi connectivity index (χ0v) is 9.34. The van der Waals surface area contributed by atoms with Crippen molar-refractivity contribution in [1.82, 2.24) is 0 Å². The van der Waals surface area contributed by atoms with Crippen molar-refractivity contribution in [1.29, 1.82) is 0 Å². The lowest BCUT2D eigenvalue weighted by Gasteiger charge is -2.04. The normalized spacial score (nSPS) is 10.1. The maximum absolute atomic E-state index is 3.94. The molecule has 0 saturated carbocycles. The highest BCUT2D eigenvalue weighted by Gasteiger charge is 1.96. The van der Waals surface area contributed by atoms with Crippen LogP contribution in [0.2, 0.25) is 0 Å². The van der Waals surface area contributed by atoms with Crippen molar-refractivity contribution in [2.45, 2.75) is 39.5 Å². The maximum atomic E-state index is 3.94. The Hall–Kier alpha value is -1.04. The summed E-state index contributed by atoms with van der Waals surface area (Å²) in [7, 11) is 0. The molecule has 0 amide bonds. The summed E-state index contributed by atoms with van der Waals surface area (Å²) in [5, 5.41) is 0. The summed E-state index contributed by atoms with van der Waals surface area (Å²) >= 11 is 0. The lowest BCUT2D eigenvalue weighted by atomic mass is 10.0. The van der Waals surface area contributed by atoms with Crippen molar-refractivity contribution >= 4 is 0 Å². The van der Waals surface area contributed by atoms with Crippen molar-refractivity contribution in [3.8, 4) is 0 Å². The molecular formula is C14H20. The van der Waals surface area contributed by atoms with Crippen molar-refractivity contribution in [2.24, 2.45) is 0 Å². The number of hydrogen-bond acceptors (Lipinski definition) is 0. The molecule has 0 nitrogen and oxygen atoms in total. The first-order valence-electron chi connectivity index (χ1n) is 5.44. The fraction of sp³-hybridized carbons (Fsp3) is 0.429. The minimum absolute atomic E-state index is 1.01. The van der Waals surface area contributed by atoms with Gasteiger partial charge in [0.15, 0.2) is 0 Å². The van der Waals surface area contributed by atoms with Crippen LogP contribution in [0.4, 0.5) is 0 Å². The summed E-state index contributed by atoms with van der Waals surface area (Å²) < 4.78 is 0. The third-order valence-electron chi connectivity index (χ3n) is 2.32. The van der Waals surface area contributed by atoms with E-state index in [0.717, 1.165) is 6.42 Å². The fourth-order valence-corrected chi connectivity index (χ4v) is 1.62. The lowest BCUT2D eigenvalue weighted by Crippen LogP contribution is -1.89. The Morgan fingerprint density at radius 3 is 2.64 bits per heavy atom. The second kappa shape index (κ2) is 5.64. The van der Waals surface area contributed by atoms with Crippen molar-refractivity contribution in [3.05, 3.63) is 47.5 Å². The molecule has 1 rings (SSSR count). The minimum atomic E-state index is 1.01. The van der Waals surface area contributed by atoms with Crippen LogP contribution in [-0.2, 0) is 12.8 Å². The monoisotopic (exact) mass is 188 g/mol. The molecule has 0 N–H and O–H groups in total. The van der Waals surface area contributed by atoms with Crippen LogP contribution in [0.15, 0.2) is 36.4 Å². The number of allylic oxidation sites excluding steroid dienone is 1. The molecule has 14 heavy (non-hydrogen) atoms. The van der Waals surface area contributed by atoms with Gasteiger partial charge in [0.2, 0.25) is 0 Å². The third kappa shape index (κ3) is 3.78. The van der Waals surface area contributed by atoms with E-state index in [0.29, 0.717) is 0 Å². The average Bonchev–Trinajstić information content (AvgIpc) is 2.14. The van der Waals surface area contributed by atoms with Crippen LogP contribution < -0.4 is 0 Å². The van der Waals surface area contributed by atoms with Gasteiger partial charge < -0.3 is 0 Å². The highest BCUT2D eigenvalue weighted by molar-refractivity contribution is 5.26. The number of hydrogen-bond donors (Lipinski definition) is 0. The summed E-state index contributed by atoms with van der Waals surface area (Å²) in [4.78, 5) is 0. The Balaban J connectivity index is 2.63. The third-order valence-corrected chi connectivity index (χ3v) is 2.32. The largest absolute Gasteiger partial charge is 0.0998 e. The molecule has 0 heterocycles. The van der Waals surface area contributed by atoms with Gasteiger partial charge in [-0.15, -0.1) is 0 Å². The summed E-state index contributed by atoms with van der Waals surface area (Å²) in [5.74, 6) is 0. The van der Waals surface area contributed by atoms with E-state index in [2.05, 4.69) is 44.7 Å². The quantitative estimate of drug-likeness (QED) is 0.609. The van der Waals surface area contributed by atoms with E-state index in [9.17, 15) is 0 Å². The standard InChI is InChI=1S/C14H20/c1-4-5-7-13-8-6-9-14(11-13)10-12(2)3/h6,8-9,11H,2,4-5,7,10H2,1,3H3. The van der Waals surface area contributed by atoms with Crippen molar-refractivity contribution in [2.75, 3.05) is 0 Å². The van der Waals surface area contributed by atoms with Crippen LogP contribution in [-0.4, -0.2) is 0 Å². The zero-order chi connectivity index (χ0) is 10.4. The van der Waals surface area contributed by atoms with E-state index in [1.54, 1.807) is 0 Å². The summed E-state index contributed by atoms with van der Waals surface area (Å²) in [6.45, 7) is 8.26. The summed E-state index contributed by atoms with van der Waals surface area (Å²) in [6, 6.07) is 8.87. The first kappa shape index (κ1) is 11.0. The number of benzene rings is 1. The molecule has 1 aromatic carbocycles. The van der Waals surface area contributed by atoms with Gasteiger partial charge >= 0.3 is 0 Å². The summed E-state index contributed by atoms with van der Waals surface area (Å²) in [5.41, 5.74) is 4.09. The first-order valence-corrected chi connectivity index (χ1v) is 5.44. The average molecular weight is 188 g/mol. The van der Waals surface area contributed by atoms with E-state index < -0.39 is 0 Å². The molecule has 0 aliphatic heterocycles. The first-order chi connectivity index (χ1) is 6.72. The molecular weight excluding hydrogens is 168 g/mol. The minimum Gasteiger partial charge on any atom is -0.0998 e. The highest BCUT2D eigenvalue weighted by Crippen LogP contribution is 2.11. The second-order valence-electron chi connectivity index (χ2n) is 4.06. The second-order valence-corrected chi connectivity index (χ2v) is 4.06. The van der Waals surface area contributed by atoms with E-state index >= 15 is 0 Å². The van der Waals surface area contributed by atoms with E-state index in [1.165, 1.54) is 36.0 Å². The Morgan fingerprint density at radius 2 is 2.00 bits per heavy atom. The van der Waals surface area contributed by atoms with Gasteiger partial charge in [-0.25, -0.2) is 0 Å². The van der Waals surface area contributed by atoms with Gasteiger partial charge in [0, 0.05) is 0 Å². The van der Waals surface area contributed by atoms with E-state index in [4.69, 9.17) is 0 Å². The topological polar surface area (TPSA) is 0 Å². The SMILES string of the molecule is C=C(C)Cc1cccc(CCCC)c1. The predicted octanol–water partition coefficient (Wildman–Crippen LogP) is 4.15. The molecule has 0 aliphatic carbocycles. The molecule has 1 aromatic rings. The van der Waals surface area contributed by atoms with Gasteiger partial charge in [0.05, 0.1) is 0 Å². The highest BCUT2D eigenvalue weighted by atomic mass is 14.0. The lowest BCUT2D eigenvalue weighted by molar-refractivity contribution is 0.794. The fourth-order valence-electron chi connectivity index (χ4n) is 1.62. The van der Waals surface area contributed by atoms with Gasteiger partial charge in [0.1, 0.15) is 0 Å². The van der Waals surface area contributed by atoms with Crippen LogP contribution in [0.25, 0.3) is 0 Å². The smallest absolute Gasteiger partial charge is 0.00725 e. The molecule has 0 aromatic heterocycles. The number of rotatable bonds is 5. The van der Waals surface area contributed by atoms with Gasteiger partial charge in [-0.2, -0.15) is 0 Å². The Kier molecular flexibility index (Phi) is 4.45. The van der Waals surface area contributed by atoms with Crippen LogP contribution in [0, 0.1) is 0 Å². The molecule has 0 fully saturated rings. The molecule has 0 heteroatoms. The molecule has 0 saturated heterocycles. The molecule has 76 valence electrons.